The number of benzene rings is 1. The van der Waals surface area contributed by atoms with Gasteiger partial charge >= 0.3 is 5.97 Å². The molecule has 0 unspecified atom stereocenters. The molecule has 0 aliphatic carbocycles. The minimum Gasteiger partial charge on any atom is -0.507 e. The zero-order chi connectivity index (χ0) is 10.9. The van der Waals surface area contributed by atoms with Crippen molar-refractivity contribution in [2.75, 3.05) is 7.11 Å². The fraction of sp³-hybridized carbons (Fsp3) is 0.222. The summed E-state index contributed by atoms with van der Waals surface area (Å²) in [4.78, 5) is 11.0. The van der Waals surface area contributed by atoms with Gasteiger partial charge in [-0.1, -0.05) is 0 Å². The first kappa shape index (κ1) is 10.4. The molecule has 1 aromatic rings. The Morgan fingerprint density at radius 3 is 2.57 bits per heavy atom. The van der Waals surface area contributed by atoms with Crippen LogP contribution in [0.15, 0.2) is 6.07 Å². The number of hydrogen-bond acceptors (Lipinski definition) is 3. The standard InChI is InChI=1S/C9H8F2O3/c1-4-5(10)3-6(12)7(8(4)11)9(13)14-2/h3,12H,1-2H3. The number of phenols is 1. The molecule has 0 heterocycles. The molecule has 5 heteroatoms. The van der Waals surface area contributed by atoms with Crippen molar-refractivity contribution in [1.29, 1.82) is 0 Å². The molecule has 1 rings (SSSR count). The fourth-order valence-corrected chi connectivity index (χ4v) is 1.00. The molecule has 1 N–H and O–H groups in total. The van der Waals surface area contributed by atoms with Crippen LogP contribution in [0.5, 0.6) is 5.75 Å². The number of carbonyl (C=O) groups is 1. The van der Waals surface area contributed by atoms with Crippen LogP contribution in [0.3, 0.4) is 0 Å². The van der Waals surface area contributed by atoms with E-state index in [2.05, 4.69) is 4.74 Å². The maximum absolute atomic E-state index is 13.3. The van der Waals surface area contributed by atoms with Crippen molar-refractivity contribution in [1.82, 2.24) is 0 Å². The van der Waals surface area contributed by atoms with Gasteiger partial charge in [-0.15, -0.1) is 0 Å². The second kappa shape index (κ2) is 3.61. The molecule has 0 aliphatic rings. The lowest BCUT2D eigenvalue weighted by molar-refractivity contribution is 0.0591. The first-order valence-electron chi connectivity index (χ1n) is 3.75. The van der Waals surface area contributed by atoms with Crippen LogP contribution in [0.2, 0.25) is 0 Å². The normalized spacial score (nSPS) is 10.0. The van der Waals surface area contributed by atoms with Gasteiger partial charge in [0.15, 0.2) is 0 Å². The van der Waals surface area contributed by atoms with E-state index in [1.807, 2.05) is 0 Å². The highest BCUT2D eigenvalue weighted by Gasteiger charge is 2.21. The van der Waals surface area contributed by atoms with Gasteiger partial charge in [-0.25, -0.2) is 13.6 Å². The van der Waals surface area contributed by atoms with E-state index in [4.69, 9.17) is 5.11 Å². The molecular weight excluding hydrogens is 194 g/mol. The summed E-state index contributed by atoms with van der Waals surface area (Å²) in [5.74, 6) is -3.82. The van der Waals surface area contributed by atoms with Crippen LogP contribution >= 0.6 is 0 Å². The quantitative estimate of drug-likeness (QED) is 0.706. The lowest BCUT2D eigenvalue weighted by Gasteiger charge is -2.06. The van der Waals surface area contributed by atoms with Crippen LogP contribution in [-0.2, 0) is 4.74 Å². The van der Waals surface area contributed by atoms with Gasteiger partial charge in [0.25, 0.3) is 0 Å². The van der Waals surface area contributed by atoms with Crippen LogP contribution in [0, 0.1) is 18.6 Å². The number of phenolic OH excluding ortho intramolecular Hbond substituents is 1. The molecule has 14 heavy (non-hydrogen) atoms. The van der Waals surface area contributed by atoms with Crippen molar-refractivity contribution >= 4 is 5.97 Å². The highest BCUT2D eigenvalue weighted by Crippen LogP contribution is 2.26. The third-order valence-corrected chi connectivity index (χ3v) is 1.82. The molecule has 1 aromatic carbocycles. The van der Waals surface area contributed by atoms with Gasteiger partial charge in [0, 0.05) is 11.6 Å². The number of aromatic hydroxyl groups is 1. The van der Waals surface area contributed by atoms with E-state index in [0.717, 1.165) is 14.0 Å². The van der Waals surface area contributed by atoms with Gasteiger partial charge < -0.3 is 9.84 Å². The van der Waals surface area contributed by atoms with E-state index >= 15 is 0 Å². The lowest BCUT2D eigenvalue weighted by atomic mass is 10.1. The van der Waals surface area contributed by atoms with E-state index in [9.17, 15) is 13.6 Å². The number of rotatable bonds is 1. The molecule has 0 fully saturated rings. The zero-order valence-corrected chi connectivity index (χ0v) is 7.60. The molecule has 0 atom stereocenters. The summed E-state index contributed by atoms with van der Waals surface area (Å²) in [6.07, 6.45) is 0. The zero-order valence-electron chi connectivity index (χ0n) is 7.60. The highest BCUT2D eigenvalue weighted by atomic mass is 19.1. The van der Waals surface area contributed by atoms with Crippen LogP contribution in [-0.4, -0.2) is 18.2 Å². The van der Waals surface area contributed by atoms with Gasteiger partial charge in [0.1, 0.15) is 22.9 Å². The van der Waals surface area contributed by atoms with Crippen LogP contribution < -0.4 is 0 Å². The molecule has 3 nitrogen and oxygen atoms in total. The van der Waals surface area contributed by atoms with Gasteiger partial charge in [0.2, 0.25) is 0 Å². The average Bonchev–Trinajstić information content (AvgIpc) is 2.14. The second-order valence-electron chi connectivity index (χ2n) is 2.68. The third kappa shape index (κ3) is 1.53. The van der Waals surface area contributed by atoms with Crippen molar-refractivity contribution in [2.24, 2.45) is 0 Å². The monoisotopic (exact) mass is 202 g/mol. The van der Waals surface area contributed by atoms with E-state index in [1.54, 1.807) is 0 Å². The molecule has 0 amide bonds. The smallest absolute Gasteiger partial charge is 0.344 e. The summed E-state index contributed by atoms with van der Waals surface area (Å²) in [5.41, 5.74) is -0.977. The summed E-state index contributed by atoms with van der Waals surface area (Å²) in [7, 11) is 1.04. The maximum Gasteiger partial charge on any atom is 0.344 e. The van der Waals surface area contributed by atoms with E-state index < -0.39 is 28.9 Å². The Morgan fingerprint density at radius 2 is 2.07 bits per heavy atom. The average molecular weight is 202 g/mol. The summed E-state index contributed by atoms with van der Waals surface area (Å²) in [5, 5.41) is 9.12. The summed E-state index contributed by atoms with van der Waals surface area (Å²) in [6, 6.07) is 0.671. The highest BCUT2D eigenvalue weighted by molar-refractivity contribution is 5.92. The lowest BCUT2D eigenvalue weighted by Crippen LogP contribution is -2.07. The minimum absolute atomic E-state index is 0.330. The van der Waals surface area contributed by atoms with Gasteiger partial charge in [0.05, 0.1) is 7.11 Å². The number of carbonyl (C=O) groups excluding carboxylic acids is 1. The van der Waals surface area contributed by atoms with Crippen molar-refractivity contribution in [3.8, 4) is 5.75 Å². The van der Waals surface area contributed by atoms with Gasteiger partial charge in [-0.2, -0.15) is 0 Å². The summed E-state index contributed by atoms with van der Waals surface area (Å²) in [6.45, 7) is 1.16. The summed E-state index contributed by atoms with van der Waals surface area (Å²) < 4.78 is 30.3. The van der Waals surface area contributed by atoms with Crippen molar-refractivity contribution in [3.05, 3.63) is 28.8 Å². The molecule has 0 saturated carbocycles. The number of methoxy groups -OCH3 is 1. The predicted molar refractivity (Wildman–Crippen MR) is 44.1 cm³/mol. The molecular formula is C9H8F2O3. The van der Waals surface area contributed by atoms with Gasteiger partial charge in [-0.3, -0.25) is 0 Å². The van der Waals surface area contributed by atoms with Crippen LogP contribution in [0.4, 0.5) is 8.78 Å². The second-order valence-corrected chi connectivity index (χ2v) is 2.68. The molecule has 0 aromatic heterocycles. The third-order valence-electron chi connectivity index (χ3n) is 1.82. The largest absolute Gasteiger partial charge is 0.507 e. The number of ether oxygens (including phenoxy) is 1. The molecule has 0 spiro atoms. The van der Waals surface area contributed by atoms with E-state index in [1.165, 1.54) is 0 Å². The molecule has 0 aliphatic heterocycles. The van der Waals surface area contributed by atoms with Crippen molar-refractivity contribution < 1.29 is 23.4 Å². The first-order valence-corrected chi connectivity index (χ1v) is 3.75. The Labute approximate surface area is 78.9 Å². The molecule has 76 valence electrons. The SMILES string of the molecule is COC(=O)c1c(O)cc(F)c(C)c1F. The maximum atomic E-state index is 13.3. The van der Waals surface area contributed by atoms with E-state index in [-0.39, 0.29) is 5.56 Å². The molecule has 0 radical (unpaired) electrons. The van der Waals surface area contributed by atoms with Crippen LogP contribution in [0.25, 0.3) is 0 Å². The predicted octanol–water partition coefficient (Wildman–Crippen LogP) is 1.77. The fourth-order valence-electron chi connectivity index (χ4n) is 1.00. The Balaban J connectivity index is 3.44. The van der Waals surface area contributed by atoms with Crippen molar-refractivity contribution in [2.45, 2.75) is 6.92 Å². The van der Waals surface area contributed by atoms with Crippen LogP contribution in [0.1, 0.15) is 15.9 Å². The number of esters is 1. The number of hydrogen-bond donors (Lipinski definition) is 1. The molecule has 0 bridgehead atoms. The Morgan fingerprint density at radius 1 is 1.50 bits per heavy atom. The summed E-state index contributed by atoms with van der Waals surface area (Å²) >= 11 is 0. The minimum atomic E-state index is -1.10. The Hall–Kier alpha value is -1.65. The Bertz CT molecular complexity index is 388. The first-order chi connectivity index (χ1) is 6.49. The van der Waals surface area contributed by atoms with Gasteiger partial charge in [-0.05, 0) is 6.92 Å². The topological polar surface area (TPSA) is 46.5 Å². The Kier molecular flexibility index (Phi) is 2.69. The number of halogens is 2. The van der Waals surface area contributed by atoms with Crippen molar-refractivity contribution in [3.63, 3.8) is 0 Å². The van der Waals surface area contributed by atoms with E-state index in [0.29, 0.717) is 6.07 Å². The molecule has 0 saturated heterocycles.